The van der Waals surface area contributed by atoms with Crippen LogP contribution in [0.4, 0.5) is 11.6 Å². The molecule has 1 saturated carbocycles. The highest BCUT2D eigenvalue weighted by Crippen LogP contribution is 2.25. The number of nitrogens with one attached hydrogen (secondary N) is 2. The molecule has 18 heavy (non-hydrogen) atoms. The SMILES string of the molecule is CCCNc1cccc(NC2CCC(C)CC2)n1. The first-order chi connectivity index (χ1) is 8.78. The Hall–Kier alpha value is -1.25. The number of rotatable bonds is 5. The summed E-state index contributed by atoms with van der Waals surface area (Å²) in [7, 11) is 0. The van der Waals surface area contributed by atoms with Crippen LogP contribution in [0.25, 0.3) is 0 Å². The largest absolute Gasteiger partial charge is 0.370 e. The van der Waals surface area contributed by atoms with Crippen LogP contribution in [0.15, 0.2) is 18.2 Å². The van der Waals surface area contributed by atoms with Crippen molar-refractivity contribution in [2.75, 3.05) is 17.2 Å². The molecular weight excluding hydrogens is 222 g/mol. The molecule has 0 amide bonds. The Morgan fingerprint density at radius 3 is 2.61 bits per heavy atom. The quantitative estimate of drug-likeness (QED) is 0.828. The summed E-state index contributed by atoms with van der Waals surface area (Å²) in [4.78, 5) is 4.60. The highest BCUT2D eigenvalue weighted by molar-refractivity contribution is 5.45. The fourth-order valence-corrected chi connectivity index (χ4v) is 2.48. The summed E-state index contributed by atoms with van der Waals surface area (Å²) in [5, 5.41) is 6.90. The van der Waals surface area contributed by atoms with Gasteiger partial charge in [-0.25, -0.2) is 4.98 Å². The van der Waals surface area contributed by atoms with Gasteiger partial charge in [-0.15, -0.1) is 0 Å². The highest BCUT2D eigenvalue weighted by atomic mass is 15.1. The lowest BCUT2D eigenvalue weighted by Crippen LogP contribution is -2.25. The topological polar surface area (TPSA) is 37.0 Å². The molecule has 1 aromatic rings. The minimum Gasteiger partial charge on any atom is -0.370 e. The molecule has 1 aliphatic carbocycles. The summed E-state index contributed by atoms with van der Waals surface area (Å²) >= 11 is 0. The first-order valence-corrected chi connectivity index (χ1v) is 7.25. The van der Waals surface area contributed by atoms with E-state index < -0.39 is 0 Å². The number of hydrogen-bond donors (Lipinski definition) is 2. The zero-order valence-electron chi connectivity index (χ0n) is 11.6. The van der Waals surface area contributed by atoms with E-state index in [1.165, 1.54) is 25.7 Å². The summed E-state index contributed by atoms with van der Waals surface area (Å²) in [6.45, 7) is 5.50. The standard InChI is InChI=1S/C15H25N3/c1-3-11-16-14-5-4-6-15(18-14)17-13-9-7-12(2)8-10-13/h4-6,12-13H,3,7-11H2,1-2H3,(H2,16,17,18). The van der Waals surface area contributed by atoms with Gasteiger partial charge in [0.25, 0.3) is 0 Å². The Kier molecular flexibility index (Phi) is 4.85. The second kappa shape index (κ2) is 6.62. The molecule has 3 nitrogen and oxygen atoms in total. The van der Waals surface area contributed by atoms with E-state index in [0.717, 1.165) is 30.5 Å². The fraction of sp³-hybridized carbons (Fsp3) is 0.667. The average molecular weight is 247 g/mol. The van der Waals surface area contributed by atoms with Gasteiger partial charge in [0.1, 0.15) is 11.6 Å². The third-order valence-corrected chi connectivity index (χ3v) is 3.67. The number of anilines is 2. The van der Waals surface area contributed by atoms with Crippen molar-refractivity contribution < 1.29 is 0 Å². The fourth-order valence-electron chi connectivity index (χ4n) is 2.48. The van der Waals surface area contributed by atoms with Crippen LogP contribution in [0.1, 0.15) is 46.0 Å². The summed E-state index contributed by atoms with van der Waals surface area (Å²) in [5.41, 5.74) is 0. The third kappa shape index (κ3) is 3.90. The summed E-state index contributed by atoms with van der Waals surface area (Å²) < 4.78 is 0. The number of aromatic nitrogens is 1. The molecule has 0 spiro atoms. The van der Waals surface area contributed by atoms with Gasteiger partial charge in [0.2, 0.25) is 0 Å². The smallest absolute Gasteiger partial charge is 0.128 e. The van der Waals surface area contributed by atoms with E-state index in [0.29, 0.717) is 6.04 Å². The van der Waals surface area contributed by atoms with E-state index in [2.05, 4.69) is 41.6 Å². The van der Waals surface area contributed by atoms with Gasteiger partial charge in [0, 0.05) is 12.6 Å². The van der Waals surface area contributed by atoms with Crippen LogP contribution in [-0.2, 0) is 0 Å². The van der Waals surface area contributed by atoms with E-state index in [9.17, 15) is 0 Å². The van der Waals surface area contributed by atoms with Crippen LogP contribution >= 0.6 is 0 Å². The Labute approximate surface area is 110 Å². The predicted octanol–water partition coefficient (Wildman–Crippen LogP) is 3.89. The lowest BCUT2D eigenvalue weighted by Gasteiger charge is -2.27. The second-order valence-electron chi connectivity index (χ2n) is 5.44. The molecule has 100 valence electrons. The number of hydrogen-bond acceptors (Lipinski definition) is 3. The van der Waals surface area contributed by atoms with Gasteiger partial charge in [0.15, 0.2) is 0 Å². The van der Waals surface area contributed by atoms with Crippen LogP contribution in [0.3, 0.4) is 0 Å². The molecule has 3 heteroatoms. The minimum absolute atomic E-state index is 0.607. The Morgan fingerprint density at radius 2 is 1.89 bits per heavy atom. The zero-order valence-corrected chi connectivity index (χ0v) is 11.6. The lowest BCUT2D eigenvalue weighted by molar-refractivity contribution is 0.361. The van der Waals surface area contributed by atoms with Gasteiger partial charge < -0.3 is 10.6 Å². The molecular formula is C15H25N3. The van der Waals surface area contributed by atoms with Crippen molar-refractivity contribution in [2.45, 2.75) is 52.0 Å². The maximum absolute atomic E-state index is 4.60. The summed E-state index contributed by atoms with van der Waals surface area (Å²) in [6.07, 6.45) is 6.35. The third-order valence-electron chi connectivity index (χ3n) is 3.67. The van der Waals surface area contributed by atoms with Crippen LogP contribution in [0.2, 0.25) is 0 Å². The van der Waals surface area contributed by atoms with Gasteiger partial charge >= 0.3 is 0 Å². The van der Waals surface area contributed by atoms with Gasteiger partial charge in [0.05, 0.1) is 0 Å². The first kappa shape index (κ1) is 13.2. The Bertz CT molecular complexity index is 357. The summed E-state index contributed by atoms with van der Waals surface area (Å²) in [6, 6.07) is 6.77. The van der Waals surface area contributed by atoms with Crippen molar-refractivity contribution in [1.82, 2.24) is 4.98 Å². The number of nitrogens with zero attached hydrogens (tertiary/aromatic N) is 1. The van der Waals surface area contributed by atoms with Gasteiger partial charge in [-0.3, -0.25) is 0 Å². The number of pyridine rings is 1. The van der Waals surface area contributed by atoms with Crippen molar-refractivity contribution in [3.8, 4) is 0 Å². The first-order valence-electron chi connectivity index (χ1n) is 7.25. The minimum atomic E-state index is 0.607. The highest BCUT2D eigenvalue weighted by Gasteiger charge is 2.18. The average Bonchev–Trinajstić information content (AvgIpc) is 2.40. The van der Waals surface area contributed by atoms with Crippen molar-refractivity contribution in [2.24, 2.45) is 5.92 Å². The van der Waals surface area contributed by atoms with E-state index in [1.54, 1.807) is 0 Å². The maximum atomic E-state index is 4.60. The molecule has 1 fully saturated rings. The molecule has 0 aromatic carbocycles. The van der Waals surface area contributed by atoms with Gasteiger partial charge in [-0.2, -0.15) is 0 Å². The normalized spacial score (nSPS) is 23.7. The molecule has 0 radical (unpaired) electrons. The van der Waals surface area contributed by atoms with Crippen molar-refractivity contribution in [3.63, 3.8) is 0 Å². The van der Waals surface area contributed by atoms with E-state index in [-0.39, 0.29) is 0 Å². The monoisotopic (exact) mass is 247 g/mol. The van der Waals surface area contributed by atoms with Crippen molar-refractivity contribution in [1.29, 1.82) is 0 Å². The molecule has 0 aliphatic heterocycles. The zero-order chi connectivity index (χ0) is 12.8. The van der Waals surface area contributed by atoms with Gasteiger partial charge in [-0.1, -0.05) is 19.9 Å². The molecule has 2 rings (SSSR count). The molecule has 0 bridgehead atoms. The van der Waals surface area contributed by atoms with Gasteiger partial charge in [-0.05, 0) is 50.2 Å². The van der Waals surface area contributed by atoms with E-state index in [4.69, 9.17) is 0 Å². The Morgan fingerprint density at radius 1 is 1.17 bits per heavy atom. The molecule has 1 aliphatic rings. The molecule has 0 atom stereocenters. The molecule has 1 heterocycles. The van der Waals surface area contributed by atoms with Crippen LogP contribution < -0.4 is 10.6 Å². The van der Waals surface area contributed by atoms with Crippen molar-refractivity contribution >= 4 is 11.6 Å². The maximum Gasteiger partial charge on any atom is 0.128 e. The predicted molar refractivity (Wildman–Crippen MR) is 78.1 cm³/mol. The molecule has 1 aromatic heterocycles. The summed E-state index contributed by atoms with van der Waals surface area (Å²) in [5.74, 6) is 2.88. The van der Waals surface area contributed by atoms with Crippen LogP contribution in [-0.4, -0.2) is 17.6 Å². The molecule has 0 unspecified atom stereocenters. The van der Waals surface area contributed by atoms with Crippen LogP contribution in [0, 0.1) is 5.92 Å². The van der Waals surface area contributed by atoms with Crippen LogP contribution in [0.5, 0.6) is 0 Å². The van der Waals surface area contributed by atoms with Crippen molar-refractivity contribution in [3.05, 3.63) is 18.2 Å². The van der Waals surface area contributed by atoms with E-state index >= 15 is 0 Å². The molecule has 2 N–H and O–H groups in total. The molecule has 0 saturated heterocycles. The lowest BCUT2D eigenvalue weighted by atomic mass is 9.87. The van der Waals surface area contributed by atoms with E-state index in [1.807, 2.05) is 6.07 Å². The second-order valence-corrected chi connectivity index (χ2v) is 5.44. The Balaban J connectivity index is 1.88.